The second-order valence-electron chi connectivity index (χ2n) is 12.8. The Balaban J connectivity index is 0.000000775. The Morgan fingerprint density at radius 3 is 2.23 bits per heavy atom. The Labute approximate surface area is 327 Å². The number of ketones is 1. The first-order valence-electron chi connectivity index (χ1n) is 16.6. The van der Waals surface area contributed by atoms with Crippen molar-refractivity contribution in [2.45, 2.75) is 53.1 Å². The highest BCUT2D eigenvalue weighted by Gasteiger charge is 2.32. The van der Waals surface area contributed by atoms with E-state index in [1.165, 1.54) is 0 Å². The molecule has 0 atom stereocenters. The van der Waals surface area contributed by atoms with Gasteiger partial charge in [0.1, 0.15) is 17.6 Å². The lowest BCUT2D eigenvalue weighted by molar-refractivity contribution is -0.726. The van der Waals surface area contributed by atoms with Gasteiger partial charge in [0.2, 0.25) is 12.3 Å². The number of aromatic amines is 1. The molecule has 0 saturated carbocycles. The number of alkyl carbamates (subject to hydrolysis) is 1. The van der Waals surface area contributed by atoms with Crippen LogP contribution in [0.2, 0.25) is 0 Å². The number of anilines is 2. The first kappa shape index (κ1) is 45.6. The number of halogens is 3. The number of H-pyrrole nitrogens is 1. The van der Waals surface area contributed by atoms with Crippen LogP contribution >= 0.6 is 0 Å². The number of alkyl halides is 3. The van der Waals surface area contributed by atoms with Crippen molar-refractivity contribution in [1.82, 2.24) is 20.3 Å². The highest BCUT2D eigenvalue weighted by atomic mass is 32.2. The van der Waals surface area contributed by atoms with E-state index in [4.69, 9.17) is 30.7 Å². The topological polar surface area (TPSA) is 231 Å². The zero-order chi connectivity index (χ0) is 42.7. The monoisotopic (exact) mass is 835 g/mol. The van der Waals surface area contributed by atoms with Gasteiger partial charge in [-0.15, -0.1) is 0 Å². The number of amides is 1. The zero-order valence-corrected chi connectivity index (χ0v) is 33.1. The minimum Gasteiger partial charge on any atom is -0.748 e. The van der Waals surface area contributed by atoms with Crippen molar-refractivity contribution in [2.24, 2.45) is 0 Å². The van der Waals surface area contributed by atoms with Crippen molar-refractivity contribution in [3.05, 3.63) is 114 Å². The molecule has 3 aromatic heterocycles. The van der Waals surface area contributed by atoms with E-state index in [9.17, 15) is 22.8 Å². The van der Waals surface area contributed by atoms with Gasteiger partial charge in [0, 0.05) is 55.4 Å². The number of ether oxygens (including phenoxy) is 1. The Bertz CT molecular complexity index is 2380. The normalized spacial score (nSPS) is 11.4. The van der Waals surface area contributed by atoms with Gasteiger partial charge in [-0.2, -0.15) is 17.7 Å². The molecule has 0 fully saturated rings. The van der Waals surface area contributed by atoms with Crippen LogP contribution in [0.1, 0.15) is 46.6 Å². The lowest BCUT2D eigenvalue weighted by Crippen LogP contribution is -2.39. The summed E-state index contributed by atoms with van der Waals surface area (Å²) >= 11 is 0. The first-order valence-corrected chi connectivity index (χ1v) is 20.2. The summed E-state index contributed by atoms with van der Waals surface area (Å²) < 4.78 is 104. The number of benzene rings is 2. The fourth-order valence-corrected chi connectivity index (χ4v) is 4.77. The van der Waals surface area contributed by atoms with Crippen LogP contribution < -0.4 is 19.8 Å². The molecule has 0 aliphatic carbocycles. The van der Waals surface area contributed by atoms with Crippen molar-refractivity contribution < 1.29 is 62.6 Å². The molecule has 0 bridgehead atoms. The number of carbonyl (C=O) groups excluding carboxylic acids is 2. The van der Waals surface area contributed by atoms with Crippen LogP contribution in [-0.4, -0.2) is 71.3 Å². The van der Waals surface area contributed by atoms with E-state index in [1.807, 2.05) is 26.8 Å². The van der Waals surface area contributed by atoms with Crippen molar-refractivity contribution >= 4 is 43.7 Å². The molecule has 21 heteroatoms. The van der Waals surface area contributed by atoms with Crippen molar-refractivity contribution in [2.75, 3.05) is 17.8 Å². The predicted molar refractivity (Wildman–Crippen MR) is 198 cm³/mol. The van der Waals surface area contributed by atoms with Crippen LogP contribution in [0.5, 0.6) is 0 Å². The Morgan fingerprint density at radius 1 is 0.965 bits per heavy atom. The van der Waals surface area contributed by atoms with E-state index < -0.39 is 38.1 Å². The number of nitrogens with one attached hydrogen (secondary N) is 3. The largest absolute Gasteiger partial charge is 0.748 e. The van der Waals surface area contributed by atoms with Gasteiger partial charge >= 0.3 is 12.3 Å². The average Bonchev–Trinajstić information content (AvgIpc) is 3.52. The lowest BCUT2D eigenvalue weighted by Gasteiger charge is -2.12. The second kappa shape index (κ2) is 19.4. The van der Waals surface area contributed by atoms with Gasteiger partial charge in [-0.25, -0.2) is 41.1 Å². The number of Topliss-reactive ketones (excluding diaryl/α,β-unsaturated/α-hetero) is 1. The summed E-state index contributed by atoms with van der Waals surface area (Å²) in [7, 11) is -7.83. The van der Waals surface area contributed by atoms with Gasteiger partial charge in [0.25, 0.3) is 6.73 Å². The van der Waals surface area contributed by atoms with Gasteiger partial charge in [-0.1, -0.05) is 12.1 Å². The van der Waals surface area contributed by atoms with Crippen molar-refractivity contribution in [1.29, 1.82) is 0 Å². The molecule has 0 spiro atoms. The number of aryl methyl sites for hydroxylation is 2. The van der Waals surface area contributed by atoms with E-state index >= 15 is 0 Å². The van der Waals surface area contributed by atoms with Crippen LogP contribution in [0.25, 0.3) is 16.9 Å². The molecule has 3 heterocycles. The van der Waals surface area contributed by atoms with Gasteiger partial charge < -0.3 is 24.5 Å². The molecule has 306 valence electrons. The highest BCUT2D eigenvalue weighted by Crippen LogP contribution is 2.31. The predicted octanol–water partition coefficient (Wildman–Crippen LogP) is 4.26. The summed E-state index contributed by atoms with van der Waals surface area (Å²) in [5.74, 6) is -0.0686. The maximum atomic E-state index is 13.7. The van der Waals surface area contributed by atoms with Gasteiger partial charge in [-0.3, -0.25) is 4.79 Å². The Hall–Kier alpha value is -5.77. The van der Waals surface area contributed by atoms with Crippen LogP contribution in [-0.2, 0) is 44.3 Å². The number of aromatic nitrogens is 5. The summed E-state index contributed by atoms with van der Waals surface area (Å²) in [4.78, 5) is 37.1. The Kier molecular flexibility index (Phi) is 15.5. The number of nitrogens with zero attached hydrogens (tertiary/aromatic N) is 4. The molecule has 0 saturated heterocycles. The number of carbonyl (C=O) groups is 2. The Morgan fingerprint density at radius 2 is 1.63 bits per heavy atom. The quantitative estimate of drug-likeness (QED) is 0.102. The summed E-state index contributed by atoms with van der Waals surface area (Å²) in [5.41, 5.74) is 3.54. The fraction of sp³-hybridized carbons (Fsp3) is 0.278. The second-order valence-corrected chi connectivity index (χ2v) is 15.6. The number of imidazole rings is 1. The van der Waals surface area contributed by atoms with Crippen LogP contribution in [0.3, 0.4) is 0 Å². The van der Waals surface area contributed by atoms with Gasteiger partial charge in [0.05, 0.1) is 37.1 Å². The van der Waals surface area contributed by atoms with E-state index in [2.05, 4.69) is 25.6 Å². The standard InChI is InChI=1S/C34H32F3N7O3.2CH4O3S/c1-21(2)40-33(46)47-20-43-11-5-6-26(18-43)29-9-10-38-32(41-29)42-30-15-25(8-7-22(30)3)31(45)14-24-12-27(34(35,36)37)16-28(13-24)44-17-23(4)39-19-44;2*1-5(2,3)4/h5-13,15-19,21H,14,20H2,1-4H3,(H-,38,40,41,42,46);2*1H3,(H,2,3,4). The zero-order valence-electron chi connectivity index (χ0n) is 31.5. The maximum Gasteiger partial charge on any atom is 0.416 e. The molecule has 3 N–H and O–H groups in total. The third-order valence-electron chi connectivity index (χ3n) is 7.10. The smallest absolute Gasteiger partial charge is 0.416 e. The highest BCUT2D eigenvalue weighted by molar-refractivity contribution is 7.85. The van der Waals surface area contributed by atoms with E-state index in [1.54, 1.807) is 83.6 Å². The van der Waals surface area contributed by atoms with Crippen molar-refractivity contribution in [3.8, 4) is 16.9 Å². The molecule has 5 aromatic rings. The summed E-state index contributed by atoms with van der Waals surface area (Å²) in [6.07, 6.45) is 4.26. The minimum absolute atomic E-state index is 0.00897. The van der Waals surface area contributed by atoms with Crippen molar-refractivity contribution in [3.63, 3.8) is 0 Å². The average molecular weight is 836 g/mol. The summed E-state index contributed by atoms with van der Waals surface area (Å²) in [6.45, 7) is 7.34. The van der Waals surface area contributed by atoms with Crippen LogP contribution in [0.15, 0.2) is 85.7 Å². The molecule has 0 radical (unpaired) electrons. The molecular weight excluding hydrogens is 796 g/mol. The molecule has 0 unspecified atom stereocenters. The van der Waals surface area contributed by atoms with E-state index in [0.717, 1.165) is 29.0 Å². The number of pyridine rings is 1. The third kappa shape index (κ3) is 16.9. The first-order chi connectivity index (χ1) is 26.3. The molecule has 0 aliphatic rings. The number of hydrogen-bond acceptors (Lipinski definition) is 12. The summed E-state index contributed by atoms with van der Waals surface area (Å²) in [5, 5.41) is 5.83. The van der Waals surface area contributed by atoms with Gasteiger partial charge in [-0.05, 0) is 68.3 Å². The molecule has 5 rings (SSSR count). The van der Waals surface area contributed by atoms with Crippen LogP contribution in [0.4, 0.5) is 29.6 Å². The fourth-order valence-electron chi connectivity index (χ4n) is 4.77. The van der Waals surface area contributed by atoms with Gasteiger partial charge in [0.15, 0.2) is 18.2 Å². The molecule has 16 nitrogen and oxygen atoms in total. The van der Waals surface area contributed by atoms with E-state index in [-0.39, 0.29) is 36.5 Å². The number of hydrogen-bond donors (Lipinski definition) is 3. The summed E-state index contributed by atoms with van der Waals surface area (Å²) in [6, 6.07) is 14.0. The molecular formula is C36H40F3N7O9S2. The molecule has 0 aliphatic heterocycles. The number of rotatable bonds is 10. The molecule has 57 heavy (non-hydrogen) atoms. The maximum absolute atomic E-state index is 13.7. The minimum atomic E-state index is -4.58. The molecule has 2 aromatic carbocycles. The third-order valence-corrected chi connectivity index (χ3v) is 7.10. The molecule has 1 amide bonds. The van der Waals surface area contributed by atoms with Crippen LogP contribution in [0, 0.1) is 13.8 Å². The lowest BCUT2D eigenvalue weighted by atomic mass is 9.99. The van der Waals surface area contributed by atoms with E-state index in [0.29, 0.717) is 35.1 Å². The SMILES string of the molecule is CS(=O)(=O)[O-].CS(=O)(=O)[O-].Cc1c[n+](-c2cc(CC(=O)c3ccc(C)c(Nc4nccc(-c5ccc[n+](COC(=O)NC(C)C)c5)n4)c3)cc(C(F)(F)F)c2)c[nH]1.